The molecule has 0 heterocycles. The van der Waals surface area contributed by atoms with Crippen molar-refractivity contribution < 1.29 is 24.3 Å². The van der Waals surface area contributed by atoms with Gasteiger partial charge in [0.1, 0.15) is 18.1 Å². The van der Waals surface area contributed by atoms with E-state index in [9.17, 15) is 19.2 Å². The number of rotatable bonds is 12. The van der Waals surface area contributed by atoms with Crippen LogP contribution in [0, 0.1) is 0 Å². The van der Waals surface area contributed by atoms with Crippen LogP contribution in [-0.2, 0) is 25.6 Å². The molecule has 30 heavy (non-hydrogen) atoms. The molecule has 1 aromatic carbocycles. The van der Waals surface area contributed by atoms with Gasteiger partial charge in [-0.2, -0.15) is 37.9 Å². The number of carboxylic acids is 1. The van der Waals surface area contributed by atoms with Crippen LogP contribution in [0.4, 0.5) is 0 Å². The van der Waals surface area contributed by atoms with Crippen LogP contribution in [-0.4, -0.2) is 70.2 Å². The molecular weight excluding hydrogens is 448 g/mol. The van der Waals surface area contributed by atoms with E-state index in [-0.39, 0.29) is 23.7 Å². The first-order valence-electron chi connectivity index (χ1n) is 8.99. The molecule has 0 spiro atoms. The molecule has 0 saturated heterocycles. The number of carbonyl (C=O) groups excluding carboxylic acids is 3. The molecule has 6 N–H and O–H groups in total. The van der Waals surface area contributed by atoms with E-state index in [1.807, 2.05) is 6.07 Å². The normalized spacial score (nSPS) is 14.7. The summed E-state index contributed by atoms with van der Waals surface area (Å²) in [6.45, 7) is 0. The number of benzene rings is 1. The van der Waals surface area contributed by atoms with Crippen molar-refractivity contribution in [1.29, 1.82) is 0 Å². The third-order valence-electron chi connectivity index (χ3n) is 4.06. The van der Waals surface area contributed by atoms with Crippen molar-refractivity contribution in [2.75, 3.05) is 17.3 Å². The zero-order valence-electron chi connectivity index (χ0n) is 16.0. The zero-order valence-corrected chi connectivity index (χ0v) is 18.7. The fourth-order valence-electron chi connectivity index (χ4n) is 2.34. The molecule has 1 rings (SSSR count). The zero-order chi connectivity index (χ0) is 22.7. The van der Waals surface area contributed by atoms with Crippen LogP contribution >= 0.6 is 37.9 Å². The number of hydrogen-bond acceptors (Lipinski definition) is 8. The summed E-state index contributed by atoms with van der Waals surface area (Å²) in [6.07, 6.45) is 0.160. The highest BCUT2D eigenvalue weighted by Crippen LogP contribution is 2.05. The van der Waals surface area contributed by atoms with Gasteiger partial charge in [0.15, 0.2) is 0 Å². The minimum Gasteiger partial charge on any atom is -0.480 e. The number of nitrogens with two attached hydrogens (primary N) is 1. The van der Waals surface area contributed by atoms with Gasteiger partial charge >= 0.3 is 5.97 Å². The minimum atomic E-state index is -1.25. The fourth-order valence-corrected chi connectivity index (χ4v) is 3.02. The van der Waals surface area contributed by atoms with Crippen molar-refractivity contribution in [2.24, 2.45) is 5.73 Å². The van der Waals surface area contributed by atoms with Gasteiger partial charge in [-0.15, -0.1) is 0 Å². The van der Waals surface area contributed by atoms with Crippen LogP contribution < -0.4 is 21.7 Å². The van der Waals surface area contributed by atoms with E-state index in [4.69, 9.17) is 10.8 Å². The number of amides is 3. The molecular formula is C18H26N4O5S3. The van der Waals surface area contributed by atoms with Gasteiger partial charge in [0.25, 0.3) is 0 Å². The second-order valence-electron chi connectivity index (χ2n) is 6.37. The van der Waals surface area contributed by atoms with Crippen LogP contribution in [0.3, 0.4) is 0 Å². The lowest BCUT2D eigenvalue weighted by atomic mass is 10.0. The summed E-state index contributed by atoms with van der Waals surface area (Å²) in [5, 5.41) is 16.4. The van der Waals surface area contributed by atoms with Gasteiger partial charge in [-0.25, -0.2) is 4.79 Å². The SMILES string of the molecule is NC(CS)C(=O)NC(Cc1ccccc1)C(=O)NC(CS)C(=O)NC(CS)C(=O)O. The van der Waals surface area contributed by atoms with Gasteiger partial charge in [-0.3, -0.25) is 14.4 Å². The number of nitrogens with one attached hydrogen (secondary N) is 3. The Labute approximate surface area is 191 Å². The van der Waals surface area contributed by atoms with E-state index >= 15 is 0 Å². The number of hydrogen-bond donors (Lipinski definition) is 8. The van der Waals surface area contributed by atoms with Gasteiger partial charge in [0.05, 0.1) is 6.04 Å². The van der Waals surface area contributed by atoms with Crippen molar-refractivity contribution in [3.05, 3.63) is 35.9 Å². The van der Waals surface area contributed by atoms with Crippen molar-refractivity contribution in [3.8, 4) is 0 Å². The molecule has 3 amide bonds. The van der Waals surface area contributed by atoms with Gasteiger partial charge < -0.3 is 26.8 Å². The van der Waals surface area contributed by atoms with Crippen LogP contribution in [0.2, 0.25) is 0 Å². The lowest BCUT2D eigenvalue weighted by Gasteiger charge is -2.24. The van der Waals surface area contributed by atoms with Crippen molar-refractivity contribution in [2.45, 2.75) is 30.6 Å². The molecule has 9 nitrogen and oxygen atoms in total. The Balaban J connectivity index is 2.93. The second kappa shape index (κ2) is 13.4. The average Bonchev–Trinajstić information content (AvgIpc) is 2.74. The van der Waals surface area contributed by atoms with Crippen molar-refractivity contribution in [3.63, 3.8) is 0 Å². The van der Waals surface area contributed by atoms with E-state index in [0.717, 1.165) is 5.56 Å². The van der Waals surface area contributed by atoms with Crippen LogP contribution in [0.1, 0.15) is 5.56 Å². The first kappa shape index (κ1) is 26.1. The molecule has 0 radical (unpaired) electrons. The number of aliphatic carboxylic acids is 1. The maximum Gasteiger partial charge on any atom is 0.327 e. The van der Waals surface area contributed by atoms with E-state index in [1.54, 1.807) is 24.3 Å². The summed E-state index contributed by atoms with van der Waals surface area (Å²) in [7, 11) is 0. The van der Waals surface area contributed by atoms with Crippen molar-refractivity contribution >= 4 is 61.6 Å². The highest BCUT2D eigenvalue weighted by Gasteiger charge is 2.29. The van der Waals surface area contributed by atoms with Crippen LogP contribution in [0.25, 0.3) is 0 Å². The number of carbonyl (C=O) groups is 4. The first-order valence-corrected chi connectivity index (χ1v) is 10.9. The lowest BCUT2D eigenvalue weighted by molar-refractivity contribution is -0.141. The number of carboxylic acid groups (broad SMARTS) is 1. The smallest absolute Gasteiger partial charge is 0.327 e. The summed E-state index contributed by atoms with van der Waals surface area (Å²) >= 11 is 11.9. The summed E-state index contributed by atoms with van der Waals surface area (Å²) in [5.41, 5.74) is 6.46. The molecule has 0 fully saturated rings. The van der Waals surface area contributed by atoms with E-state index < -0.39 is 47.9 Å². The topological polar surface area (TPSA) is 151 Å². The summed E-state index contributed by atoms with van der Waals surface area (Å²) < 4.78 is 0. The fraction of sp³-hybridized carbons (Fsp3) is 0.444. The molecule has 0 saturated carbocycles. The maximum absolute atomic E-state index is 12.8. The van der Waals surface area contributed by atoms with Crippen molar-refractivity contribution in [1.82, 2.24) is 16.0 Å². The second-order valence-corrected chi connectivity index (χ2v) is 7.46. The standard InChI is InChI=1S/C18H26N4O5S3/c19-11(7-28)15(23)20-12(6-10-4-2-1-3-5-10)16(24)21-13(8-29)17(25)22-14(9-30)18(26)27/h1-5,11-14,28-30H,6-9,19H2,(H,20,23)(H,21,24)(H,22,25)(H,26,27). The van der Waals surface area contributed by atoms with Crippen LogP contribution in [0.15, 0.2) is 30.3 Å². The third-order valence-corrected chi connectivity index (χ3v) is 5.19. The summed E-state index contributed by atoms with van der Waals surface area (Å²) in [6, 6.07) is 4.73. The highest BCUT2D eigenvalue weighted by molar-refractivity contribution is 7.80. The Kier molecular flexibility index (Phi) is 11.7. The van der Waals surface area contributed by atoms with E-state index in [1.165, 1.54) is 0 Å². The molecule has 0 aliphatic carbocycles. The number of thiol groups is 3. The summed E-state index contributed by atoms with van der Waals surface area (Å²) in [4.78, 5) is 48.5. The highest BCUT2D eigenvalue weighted by atomic mass is 32.1. The molecule has 1 aromatic rings. The third kappa shape index (κ3) is 8.46. The molecule has 166 valence electrons. The van der Waals surface area contributed by atoms with E-state index in [0.29, 0.717) is 0 Å². The lowest BCUT2D eigenvalue weighted by Crippen LogP contribution is -2.58. The van der Waals surface area contributed by atoms with Crippen LogP contribution in [0.5, 0.6) is 0 Å². The van der Waals surface area contributed by atoms with Gasteiger partial charge in [0, 0.05) is 23.7 Å². The Bertz CT molecular complexity index is 738. The molecule has 0 aromatic heterocycles. The molecule has 0 aliphatic rings. The predicted octanol–water partition coefficient (Wildman–Crippen LogP) is -1.12. The molecule has 0 aliphatic heterocycles. The van der Waals surface area contributed by atoms with E-state index in [2.05, 4.69) is 53.8 Å². The first-order chi connectivity index (χ1) is 14.2. The summed E-state index contributed by atoms with van der Waals surface area (Å²) in [5.74, 6) is -3.29. The quantitative estimate of drug-likeness (QED) is 0.180. The Morgan fingerprint density at radius 1 is 0.800 bits per heavy atom. The Morgan fingerprint density at radius 3 is 1.80 bits per heavy atom. The largest absolute Gasteiger partial charge is 0.480 e. The Morgan fingerprint density at radius 2 is 1.30 bits per heavy atom. The molecule has 12 heteroatoms. The molecule has 4 atom stereocenters. The minimum absolute atomic E-state index is 0.0847. The van der Waals surface area contributed by atoms with Gasteiger partial charge in [-0.05, 0) is 5.56 Å². The molecule has 0 bridgehead atoms. The maximum atomic E-state index is 12.8. The van der Waals surface area contributed by atoms with Gasteiger partial charge in [0.2, 0.25) is 17.7 Å². The average molecular weight is 475 g/mol. The monoisotopic (exact) mass is 474 g/mol. The molecule has 4 unspecified atom stereocenters. The Hall–Kier alpha value is -1.89. The predicted molar refractivity (Wildman–Crippen MR) is 123 cm³/mol. The van der Waals surface area contributed by atoms with Gasteiger partial charge in [-0.1, -0.05) is 30.3 Å².